The van der Waals surface area contributed by atoms with Crippen molar-refractivity contribution >= 4 is 39.4 Å². The average Bonchev–Trinajstić information content (AvgIpc) is 3.02. The van der Waals surface area contributed by atoms with E-state index in [1.807, 2.05) is 0 Å². The monoisotopic (exact) mass is 655 g/mol. The summed E-state index contributed by atoms with van der Waals surface area (Å²) in [6.45, 7) is 0. The fourth-order valence-corrected chi connectivity index (χ4v) is 5.02. The predicted molar refractivity (Wildman–Crippen MR) is 129 cm³/mol. The van der Waals surface area contributed by atoms with Crippen molar-refractivity contribution in [3.8, 4) is 0 Å². The maximum atomic E-state index is 15.5. The maximum absolute atomic E-state index is 15.5. The van der Waals surface area contributed by atoms with Gasteiger partial charge in [-0.3, -0.25) is 0 Å². The molecule has 0 aliphatic rings. The zero-order chi connectivity index (χ0) is 33.3. The fraction of sp³-hybridized carbons (Fsp3) is 0. The molecule has 0 amide bonds. The summed E-state index contributed by atoms with van der Waals surface area (Å²) in [5.41, 5.74) is -8.53. The molecule has 0 aliphatic heterocycles. The summed E-state index contributed by atoms with van der Waals surface area (Å²) in [6, 6.07) is 6.97. The quantitative estimate of drug-likeness (QED) is 0.103. The SMILES string of the molecule is Fc1c(F)c(F)c([B-](Nc2ccc3ccccc3n2)(c2c(F)c(F)c(F)c(F)c2F)c2c(F)c(F)c(F)c(F)c2F)c(F)c1F. The van der Waals surface area contributed by atoms with Gasteiger partial charge in [-0.1, -0.05) is 18.2 Å². The molecule has 1 aromatic heterocycles. The predicted octanol–water partition coefficient (Wildman–Crippen LogP) is 6.40. The van der Waals surface area contributed by atoms with Gasteiger partial charge in [-0.05, 0) is 18.2 Å². The number of benzene rings is 4. The molecular formula is C27H7BF15N2-. The molecule has 18 heteroatoms. The van der Waals surface area contributed by atoms with Crippen LogP contribution in [0.2, 0.25) is 0 Å². The normalized spacial score (nSPS) is 11.9. The van der Waals surface area contributed by atoms with Gasteiger partial charge in [0.25, 0.3) is 0 Å². The number of aromatic nitrogens is 1. The molecule has 0 bridgehead atoms. The first-order valence-electron chi connectivity index (χ1n) is 11.9. The molecule has 0 unspecified atom stereocenters. The first kappa shape index (κ1) is 31.5. The highest BCUT2D eigenvalue weighted by molar-refractivity contribution is 7.13. The molecule has 5 rings (SSSR count). The van der Waals surface area contributed by atoms with E-state index >= 15 is 26.3 Å². The largest absolute Gasteiger partial charge is 0.531 e. The molecule has 1 heterocycles. The third-order valence-electron chi connectivity index (χ3n) is 6.99. The lowest BCUT2D eigenvalue weighted by molar-refractivity contribution is 0.379. The summed E-state index contributed by atoms with van der Waals surface area (Å²) in [5.74, 6) is -47.4. The molecule has 0 saturated heterocycles. The van der Waals surface area contributed by atoms with Crippen LogP contribution in [0.25, 0.3) is 10.9 Å². The van der Waals surface area contributed by atoms with Crippen molar-refractivity contribution in [2.75, 3.05) is 5.23 Å². The van der Waals surface area contributed by atoms with Gasteiger partial charge in [0, 0.05) is 5.39 Å². The van der Waals surface area contributed by atoms with E-state index in [1.54, 1.807) is 5.23 Å². The number of anilines is 1. The molecule has 4 aromatic carbocycles. The van der Waals surface area contributed by atoms with Crippen LogP contribution in [0.1, 0.15) is 0 Å². The number of rotatable bonds is 5. The number of fused-ring (bicyclic) bond motifs is 1. The summed E-state index contributed by atoms with van der Waals surface area (Å²) in [6.07, 6.45) is -5.97. The minimum Gasteiger partial charge on any atom is -0.531 e. The first-order valence-corrected chi connectivity index (χ1v) is 11.9. The summed E-state index contributed by atoms with van der Waals surface area (Å²) >= 11 is 0. The van der Waals surface area contributed by atoms with Crippen molar-refractivity contribution in [2.24, 2.45) is 0 Å². The lowest BCUT2D eigenvalue weighted by Crippen LogP contribution is -2.78. The lowest BCUT2D eigenvalue weighted by Gasteiger charge is -2.45. The second-order valence-corrected chi connectivity index (χ2v) is 9.35. The number of nitrogens with zero attached hydrogens (tertiary/aromatic N) is 1. The molecule has 5 aromatic rings. The van der Waals surface area contributed by atoms with Crippen LogP contribution in [0.15, 0.2) is 36.4 Å². The van der Waals surface area contributed by atoms with Crippen LogP contribution in [-0.2, 0) is 0 Å². The molecule has 45 heavy (non-hydrogen) atoms. The van der Waals surface area contributed by atoms with E-state index in [4.69, 9.17) is 0 Å². The summed E-state index contributed by atoms with van der Waals surface area (Å²) < 4.78 is 223. The standard InChI is InChI=1S/C27H7BF15N2/c29-13-10(14(30)20(36)25(41)19(13)35)28(11-15(31)21(37)26(42)22(38)16(11)32,12-17(33)23(39)27(43)24(40)18(12)34)45-9-6-5-7-3-1-2-4-8(7)44-9/h1-6H,(H,44,45)/q-1. The van der Waals surface area contributed by atoms with E-state index in [9.17, 15) is 39.5 Å². The molecule has 0 atom stereocenters. The topological polar surface area (TPSA) is 24.9 Å². The number of nitrogens with one attached hydrogen (secondary N) is 1. The highest BCUT2D eigenvalue weighted by atomic mass is 19.2. The van der Waals surface area contributed by atoms with Gasteiger partial charge >= 0.3 is 0 Å². The lowest BCUT2D eigenvalue weighted by atomic mass is 9.23. The number of halogens is 15. The van der Waals surface area contributed by atoms with Gasteiger partial charge < -0.3 is 5.23 Å². The molecule has 1 N–H and O–H groups in total. The Morgan fingerprint density at radius 2 is 0.689 bits per heavy atom. The van der Waals surface area contributed by atoms with Gasteiger partial charge in [-0.25, -0.2) is 70.8 Å². The molecule has 234 valence electrons. The van der Waals surface area contributed by atoms with E-state index in [0.717, 1.165) is 6.07 Å². The van der Waals surface area contributed by atoms with E-state index in [0.29, 0.717) is 6.07 Å². The Bertz CT molecular complexity index is 1810. The summed E-state index contributed by atoms with van der Waals surface area (Å²) in [7, 11) is 0. The van der Waals surface area contributed by atoms with Crippen molar-refractivity contribution in [3.05, 3.63) is 124 Å². The second kappa shape index (κ2) is 10.9. The zero-order valence-corrected chi connectivity index (χ0v) is 21.2. The van der Waals surface area contributed by atoms with Crippen molar-refractivity contribution in [3.63, 3.8) is 0 Å². The van der Waals surface area contributed by atoms with Crippen LogP contribution in [0.5, 0.6) is 0 Å². The Morgan fingerprint density at radius 3 is 1.04 bits per heavy atom. The molecular weight excluding hydrogens is 648 g/mol. The van der Waals surface area contributed by atoms with Crippen LogP contribution in [0.4, 0.5) is 71.7 Å². The highest BCUT2D eigenvalue weighted by Gasteiger charge is 2.49. The van der Waals surface area contributed by atoms with Crippen LogP contribution in [0.3, 0.4) is 0 Å². The van der Waals surface area contributed by atoms with Crippen LogP contribution >= 0.6 is 0 Å². The molecule has 0 spiro atoms. The summed E-state index contributed by atoms with van der Waals surface area (Å²) in [4.78, 5) is 3.79. The van der Waals surface area contributed by atoms with Crippen molar-refractivity contribution in [1.29, 1.82) is 0 Å². The van der Waals surface area contributed by atoms with Gasteiger partial charge in [0.1, 0.15) is 34.9 Å². The number of para-hydroxylation sites is 1. The Balaban J connectivity index is 2.15. The van der Waals surface area contributed by atoms with Gasteiger partial charge in [0.2, 0.25) is 0 Å². The second-order valence-electron chi connectivity index (χ2n) is 9.35. The maximum Gasteiger partial charge on any atom is 0.200 e. The third-order valence-corrected chi connectivity index (χ3v) is 6.99. The number of pyridine rings is 1. The molecule has 0 aliphatic carbocycles. The van der Waals surface area contributed by atoms with Gasteiger partial charge in [0.05, 0.1) is 11.3 Å². The Morgan fingerprint density at radius 1 is 0.378 bits per heavy atom. The van der Waals surface area contributed by atoms with Crippen molar-refractivity contribution in [1.82, 2.24) is 4.98 Å². The number of hydrogen-bond donors (Lipinski definition) is 1. The highest BCUT2D eigenvalue weighted by Crippen LogP contribution is 2.29. The number of hydrogen-bond acceptors (Lipinski definition) is 2. The van der Waals surface area contributed by atoms with Gasteiger partial charge in [0.15, 0.2) is 58.6 Å². The first-order chi connectivity index (χ1) is 21.1. The minimum absolute atomic E-state index is 0.181. The fourth-order valence-electron chi connectivity index (χ4n) is 5.02. The zero-order valence-electron chi connectivity index (χ0n) is 21.2. The summed E-state index contributed by atoms with van der Waals surface area (Å²) in [5, 5.41) is 1.74. The minimum atomic E-state index is -5.97. The smallest absolute Gasteiger partial charge is 0.200 e. The third kappa shape index (κ3) is 4.44. The van der Waals surface area contributed by atoms with Crippen LogP contribution in [0, 0.1) is 87.3 Å². The van der Waals surface area contributed by atoms with E-state index in [2.05, 4.69) is 4.98 Å². The Kier molecular flexibility index (Phi) is 7.65. The average molecular weight is 655 g/mol. The molecule has 0 fully saturated rings. The Hall–Kier alpha value is -4.90. The van der Waals surface area contributed by atoms with E-state index in [-0.39, 0.29) is 10.9 Å². The Labute approximate surface area is 239 Å². The molecule has 0 radical (unpaired) electrons. The van der Waals surface area contributed by atoms with E-state index in [1.165, 1.54) is 24.3 Å². The van der Waals surface area contributed by atoms with Gasteiger partial charge in [-0.2, -0.15) is 0 Å². The molecule has 0 saturated carbocycles. The molecule has 2 nitrogen and oxygen atoms in total. The van der Waals surface area contributed by atoms with Crippen LogP contribution < -0.4 is 21.6 Å². The van der Waals surface area contributed by atoms with E-state index < -0.39 is 116 Å². The van der Waals surface area contributed by atoms with Crippen LogP contribution in [-0.4, -0.2) is 11.3 Å². The van der Waals surface area contributed by atoms with Gasteiger partial charge in [-0.15, -0.1) is 16.4 Å². The van der Waals surface area contributed by atoms with Crippen molar-refractivity contribution in [2.45, 2.75) is 0 Å². The van der Waals surface area contributed by atoms with Crippen molar-refractivity contribution < 1.29 is 65.9 Å².